The summed E-state index contributed by atoms with van der Waals surface area (Å²) in [7, 11) is 0. The molecule has 1 aromatic rings. The molecule has 2 unspecified atom stereocenters. The standard InChI is InChI=1S/C20H28N2O2/c23-20(12-14-10-16-8-9-17(11-14)21-16)22-15-4-3-7-19(13-15)24-18-5-1-2-6-18/h3-4,7,13-14,16-18,21H,1-2,5-6,8-12H2,(H,22,23). The van der Waals surface area contributed by atoms with Gasteiger partial charge in [-0.1, -0.05) is 6.07 Å². The summed E-state index contributed by atoms with van der Waals surface area (Å²) in [6.07, 6.45) is 10.7. The number of anilines is 1. The van der Waals surface area contributed by atoms with E-state index >= 15 is 0 Å². The van der Waals surface area contributed by atoms with Crippen molar-refractivity contribution in [2.75, 3.05) is 5.32 Å². The molecule has 2 atom stereocenters. The molecule has 1 amide bonds. The van der Waals surface area contributed by atoms with Gasteiger partial charge in [0, 0.05) is 30.3 Å². The Labute approximate surface area is 144 Å². The Morgan fingerprint density at radius 1 is 1.12 bits per heavy atom. The number of carbonyl (C=O) groups is 1. The molecule has 0 spiro atoms. The summed E-state index contributed by atoms with van der Waals surface area (Å²) in [6.45, 7) is 0. The second-order valence-corrected chi connectivity index (χ2v) is 7.78. The van der Waals surface area contributed by atoms with Crippen LogP contribution in [0.4, 0.5) is 5.69 Å². The summed E-state index contributed by atoms with van der Waals surface area (Å²) in [5.41, 5.74) is 0.854. The molecule has 3 fully saturated rings. The molecular formula is C20H28N2O2. The van der Waals surface area contributed by atoms with Crippen LogP contribution in [0.2, 0.25) is 0 Å². The molecule has 2 aliphatic heterocycles. The number of hydrogen-bond acceptors (Lipinski definition) is 3. The van der Waals surface area contributed by atoms with Crippen LogP contribution in [0.25, 0.3) is 0 Å². The molecule has 4 nitrogen and oxygen atoms in total. The van der Waals surface area contributed by atoms with E-state index in [1.807, 2.05) is 24.3 Å². The Morgan fingerprint density at radius 2 is 1.88 bits per heavy atom. The zero-order valence-corrected chi connectivity index (χ0v) is 14.3. The van der Waals surface area contributed by atoms with Crippen LogP contribution in [-0.2, 0) is 4.79 Å². The van der Waals surface area contributed by atoms with Crippen LogP contribution in [0.15, 0.2) is 24.3 Å². The Morgan fingerprint density at radius 3 is 2.62 bits per heavy atom. The molecule has 24 heavy (non-hydrogen) atoms. The maximum Gasteiger partial charge on any atom is 0.224 e. The third-order valence-corrected chi connectivity index (χ3v) is 5.77. The van der Waals surface area contributed by atoms with E-state index in [0.29, 0.717) is 30.5 Å². The van der Waals surface area contributed by atoms with Crippen molar-refractivity contribution in [2.24, 2.45) is 5.92 Å². The highest BCUT2D eigenvalue weighted by molar-refractivity contribution is 5.91. The minimum absolute atomic E-state index is 0.138. The largest absolute Gasteiger partial charge is 0.490 e. The zero-order chi connectivity index (χ0) is 16.4. The monoisotopic (exact) mass is 328 g/mol. The molecule has 2 N–H and O–H groups in total. The zero-order valence-electron chi connectivity index (χ0n) is 14.3. The predicted molar refractivity (Wildman–Crippen MR) is 95.2 cm³/mol. The number of carbonyl (C=O) groups excluding carboxylic acids is 1. The van der Waals surface area contributed by atoms with Gasteiger partial charge < -0.3 is 15.4 Å². The maximum atomic E-state index is 12.4. The van der Waals surface area contributed by atoms with Crippen molar-refractivity contribution in [2.45, 2.75) is 76.0 Å². The Bertz CT molecular complexity index is 571. The van der Waals surface area contributed by atoms with Crippen molar-refractivity contribution in [3.63, 3.8) is 0 Å². The SMILES string of the molecule is O=C(CC1CC2CCC(C1)N2)Nc1cccc(OC2CCCC2)c1. The first-order valence-electron chi connectivity index (χ1n) is 9.57. The van der Waals surface area contributed by atoms with Crippen LogP contribution in [0, 0.1) is 5.92 Å². The minimum atomic E-state index is 0.138. The van der Waals surface area contributed by atoms with Gasteiger partial charge in [0.1, 0.15) is 5.75 Å². The first-order chi connectivity index (χ1) is 11.7. The first-order valence-corrected chi connectivity index (χ1v) is 9.57. The quantitative estimate of drug-likeness (QED) is 0.863. The van der Waals surface area contributed by atoms with E-state index in [1.54, 1.807) is 0 Å². The number of hydrogen-bond donors (Lipinski definition) is 2. The van der Waals surface area contributed by atoms with E-state index in [0.717, 1.165) is 37.1 Å². The Balaban J connectivity index is 1.30. The van der Waals surface area contributed by atoms with E-state index in [4.69, 9.17) is 4.74 Å². The average molecular weight is 328 g/mol. The lowest BCUT2D eigenvalue weighted by Gasteiger charge is -2.28. The summed E-state index contributed by atoms with van der Waals surface area (Å²) < 4.78 is 6.02. The summed E-state index contributed by atoms with van der Waals surface area (Å²) in [6, 6.07) is 9.14. The van der Waals surface area contributed by atoms with Crippen LogP contribution in [0.5, 0.6) is 5.75 Å². The van der Waals surface area contributed by atoms with Crippen LogP contribution in [0.3, 0.4) is 0 Å². The molecular weight excluding hydrogens is 300 g/mol. The number of rotatable bonds is 5. The van der Waals surface area contributed by atoms with Gasteiger partial charge in [-0.15, -0.1) is 0 Å². The van der Waals surface area contributed by atoms with E-state index in [9.17, 15) is 4.79 Å². The van der Waals surface area contributed by atoms with Crippen LogP contribution in [-0.4, -0.2) is 24.1 Å². The van der Waals surface area contributed by atoms with E-state index < -0.39 is 0 Å². The highest BCUT2D eigenvalue weighted by Crippen LogP contribution is 2.33. The van der Waals surface area contributed by atoms with Gasteiger partial charge in [-0.05, 0) is 69.4 Å². The van der Waals surface area contributed by atoms with E-state index in [1.165, 1.54) is 25.7 Å². The number of nitrogens with one attached hydrogen (secondary N) is 2. The molecule has 0 radical (unpaired) electrons. The molecule has 2 saturated heterocycles. The van der Waals surface area contributed by atoms with Gasteiger partial charge in [-0.25, -0.2) is 0 Å². The third-order valence-electron chi connectivity index (χ3n) is 5.77. The highest BCUT2D eigenvalue weighted by Gasteiger charge is 2.34. The maximum absolute atomic E-state index is 12.4. The second-order valence-electron chi connectivity index (χ2n) is 7.78. The van der Waals surface area contributed by atoms with Crippen LogP contribution in [0.1, 0.15) is 57.8 Å². The molecule has 2 heterocycles. The van der Waals surface area contributed by atoms with Crippen LogP contribution >= 0.6 is 0 Å². The molecule has 0 aromatic heterocycles. The molecule has 1 aromatic carbocycles. The Kier molecular flexibility index (Phi) is 4.74. The molecule has 4 rings (SSSR count). The van der Waals surface area contributed by atoms with Gasteiger partial charge in [0.05, 0.1) is 6.10 Å². The van der Waals surface area contributed by atoms with Crippen molar-refractivity contribution >= 4 is 11.6 Å². The van der Waals surface area contributed by atoms with Crippen molar-refractivity contribution in [3.8, 4) is 5.75 Å². The van der Waals surface area contributed by atoms with Gasteiger partial charge >= 0.3 is 0 Å². The van der Waals surface area contributed by atoms with Crippen molar-refractivity contribution in [1.82, 2.24) is 5.32 Å². The van der Waals surface area contributed by atoms with Crippen molar-refractivity contribution in [1.29, 1.82) is 0 Å². The smallest absolute Gasteiger partial charge is 0.224 e. The molecule has 130 valence electrons. The molecule has 1 aliphatic carbocycles. The fourth-order valence-electron chi connectivity index (χ4n) is 4.66. The van der Waals surface area contributed by atoms with Crippen molar-refractivity contribution in [3.05, 3.63) is 24.3 Å². The first kappa shape index (κ1) is 15.9. The van der Waals surface area contributed by atoms with Gasteiger partial charge in [0.25, 0.3) is 0 Å². The fraction of sp³-hybridized carbons (Fsp3) is 0.650. The second kappa shape index (κ2) is 7.14. The van der Waals surface area contributed by atoms with Crippen molar-refractivity contribution < 1.29 is 9.53 Å². The summed E-state index contributed by atoms with van der Waals surface area (Å²) in [5, 5.41) is 6.70. The number of amides is 1. The summed E-state index contributed by atoms with van der Waals surface area (Å²) >= 11 is 0. The van der Waals surface area contributed by atoms with Crippen LogP contribution < -0.4 is 15.4 Å². The lowest BCUT2D eigenvalue weighted by atomic mass is 9.89. The van der Waals surface area contributed by atoms with E-state index in [-0.39, 0.29) is 5.91 Å². The average Bonchev–Trinajstić information content (AvgIpc) is 3.17. The topological polar surface area (TPSA) is 50.4 Å². The molecule has 4 heteroatoms. The van der Waals surface area contributed by atoms with Gasteiger partial charge in [-0.3, -0.25) is 4.79 Å². The fourth-order valence-corrected chi connectivity index (χ4v) is 4.66. The normalized spacial score (nSPS) is 29.6. The summed E-state index contributed by atoms with van der Waals surface area (Å²) in [4.78, 5) is 12.4. The lowest BCUT2D eigenvalue weighted by Crippen LogP contribution is -2.39. The molecule has 1 saturated carbocycles. The van der Waals surface area contributed by atoms with Gasteiger partial charge in [0.15, 0.2) is 0 Å². The van der Waals surface area contributed by atoms with E-state index in [2.05, 4.69) is 10.6 Å². The predicted octanol–water partition coefficient (Wildman–Crippen LogP) is 3.87. The van der Waals surface area contributed by atoms with Gasteiger partial charge in [-0.2, -0.15) is 0 Å². The number of benzene rings is 1. The molecule has 2 bridgehead atoms. The number of fused-ring (bicyclic) bond motifs is 2. The number of piperidine rings is 1. The Hall–Kier alpha value is -1.55. The molecule has 3 aliphatic rings. The third kappa shape index (κ3) is 3.92. The number of ether oxygens (including phenoxy) is 1. The highest BCUT2D eigenvalue weighted by atomic mass is 16.5. The minimum Gasteiger partial charge on any atom is -0.490 e. The lowest BCUT2D eigenvalue weighted by molar-refractivity contribution is -0.117. The summed E-state index contributed by atoms with van der Waals surface area (Å²) in [5.74, 6) is 1.54. The van der Waals surface area contributed by atoms with Gasteiger partial charge in [0.2, 0.25) is 5.91 Å².